The summed E-state index contributed by atoms with van der Waals surface area (Å²) >= 11 is 0. The quantitative estimate of drug-likeness (QED) is 0.680. The number of oxazole rings is 1. The third-order valence-electron chi connectivity index (χ3n) is 5.35. The van der Waals surface area contributed by atoms with Crippen LogP contribution in [-0.4, -0.2) is 22.3 Å². The third-order valence-corrected chi connectivity index (χ3v) is 5.35. The van der Waals surface area contributed by atoms with Gasteiger partial charge in [-0.15, -0.1) is 0 Å². The second-order valence-electron chi connectivity index (χ2n) is 7.22. The highest BCUT2D eigenvalue weighted by atomic mass is 19.1. The molecule has 1 saturated carbocycles. The van der Waals surface area contributed by atoms with Crippen molar-refractivity contribution in [2.24, 2.45) is 0 Å². The van der Waals surface area contributed by atoms with Gasteiger partial charge in [0.15, 0.2) is 11.5 Å². The molecule has 1 aliphatic heterocycles. The van der Waals surface area contributed by atoms with Gasteiger partial charge in [0.05, 0.1) is 6.04 Å². The van der Waals surface area contributed by atoms with E-state index in [1.807, 2.05) is 17.0 Å². The molecule has 1 aromatic heterocycles. The number of aromatic nitrogens is 1. The fourth-order valence-corrected chi connectivity index (χ4v) is 3.79. The van der Waals surface area contributed by atoms with Gasteiger partial charge in [-0.25, -0.2) is 9.37 Å². The van der Waals surface area contributed by atoms with E-state index in [2.05, 4.69) is 4.98 Å². The van der Waals surface area contributed by atoms with E-state index in [1.54, 1.807) is 18.2 Å². The number of hydrogen-bond donors (Lipinski definition) is 0. The van der Waals surface area contributed by atoms with Gasteiger partial charge in [-0.1, -0.05) is 12.1 Å². The smallest absolute Gasteiger partial charge is 0.254 e. The molecule has 5 rings (SSSR count). The Hall–Kier alpha value is -2.69. The summed E-state index contributed by atoms with van der Waals surface area (Å²) in [4.78, 5) is 19.5. The summed E-state index contributed by atoms with van der Waals surface area (Å²) in [6.07, 6.45) is 4.11. The van der Waals surface area contributed by atoms with Gasteiger partial charge in [0.1, 0.15) is 11.3 Å². The number of carbonyl (C=O) groups is 1. The standard InChI is InChI=1S/C21H19FN2O2/c22-16-8-5-13(6-9-16)18-2-1-11-24(18)21(25)15-7-10-17-19(12-15)26-20(23-17)14-3-4-14/h5-10,12,14,18H,1-4,11H2. The van der Waals surface area contributed by atoms with E-state index in [0.717, 1.165) is 42.7 Å². The Morgan fingerprint density at radius 2 is 1.92 bits per heavy atom. The highest BCUT2D eigenvalue weighted by Crippen LogP contribution is 2.40. The topological polar surface area (TPSA) is 46.3 Å². The second-order valence-corrected chi connectivity index (χ2v) is 7.22. The number of rotatable bonds is 3. The molecular formula is C21H19FN2O2. The average molecular weight is 350 g/mol. The van der Waals surface area contributed by atoms with E-state index in [9.17, 15) is 9.18 Å². The monoisotopic (exact) mass is 350 g/mol. The first-order valence-electron chi connectivity index (χ1n) is 9.16. The van der Waals surface area contributed by atoms with Crippen molar-refractivity contribution in [3.8, 4) is 0 Å². The fourth-order valence-electron chi connectivity index (χ4n) is 3.79. The van der Waals surface area contributed by atoms with Crippen LogP contribution in [-0.2, 0) is 0 Å². The summed E-state index contributed by atoms with van der Waals surface area (Å²) in [5.74, 6) is 0.966. The summed E-state index contributed by atoms with van der Waals surface area (Å²) in [5, 5.41) is 0. The van der Waals surface area contributed by atoms with Crippen LogP contribution in [0.25, 0.3) is 11.1 Å². The Morgan fingerprint density at radius 3 is 2.69 bits per heavy atom. The molecule has 26 heavy (non-hydrogen) atoms. The molecule has 1 unspecified atom stereocenters. The molecular weight excluding hydrogens is 331 g/mol. The van der Waals surface area contributed by atoms with Crippen molar-refractivity contribution in [1.29, 1.82) is 0 Å². The first-order chi connectivity index (χ1) is 12.7. The van der Waals surface area contributed by atoms with Gasteiger partial charge >= 0.3 is 0 Å². The van der Waals surface area contributed by atoms with Gasteiger partial charge in [-0.05, 0) is 61.6 Å². The van der Waals surface area contributed by atoms with E-state index in [4.69, 9.17) is 4.42 Å². The van der Waals surface area contributed by atoms with Crippen LogP contribution in [0.15, 0.2) is 46.9 Å². The van der Waals surface area contributed by atoms with Gasteiger partial charge in [-0.3, -0.25) is 4.79 Å². The molecule has 2 fully saturated rings. The minimum Gasteiger partial charge on any atom is -0.440 e. The largest absolute Gasteiger partial charge is 0.440 e. The first-order valence-corrected chi connectivity index (χ1v) is 9.16. The number of hydrogen-bond acceptors (Lipinski definition) is 3. The molecule has 1 amide bonds. The SMILES string of the molecule is O=C(c1ccc2nc(C3CC3)oc2c1)N1CCCC1c1ccc(F)cc1. The molecule has 0 bridgehead atoms. The minimum atomic E-state index is -0.258. The minimum absolute atomic E-state index is 0.00412. The predicted molar refractivity (Wildman–Crippen MR) is 95.4 cm³/mol. The predicted octanol–water partition coefficient (Wildman–Crippen LogP) is 4.82. The molecule has 3 aromatic rings. The van der Waals surface area contributed by atoms with Crippen LogP contribution in [0.5, 0.6) is 0 Å². The lowest BCUT2D eigenvalue weighted by Gasteiger charge is -2.25. The number of likely N-dealkylation sites (tertiary alicyclic amines) is 1. The lowest BCUT2D eigenvalue weighted by molar-refractivity contribution is 0.0735. The van der Waals surface area contributed by atoms with Crippen LogP contribution in [0.4, 0.5) is 4.39 Å². The van der Waals surface area contributed by atoms with Crippen molar-refractivity contribution >= 4 is 17.0 Å². The van der Waals surface area contributed by atoms with Crippen LogP contribution >= 0.6 is 0 Å². The Bertz CT molecular complexity index is 975. The van der Waals surface area contributed by atoms with Crippen LogP contribution < -0.4 is 0 Å². The molecule has 4 nitrogen and oxygen atoms in total. The molecule has 0 N–H and O–H groups in total. The van der Waals surface area contributed by atoms with E-state index in [0.29, 0.717) is 23.6 Å². The summed E-state index contributed by atoms with van der Waals surface area (Å²) in [7, 11) is 0. The van der Waals surface area contributed by atoms with Gasteiger partial charge in [0.25, 0.3) is 5.91 Å². The van der Waals surface area contributed by atoms with Crippen LogP contribution in [0.3, 0.4) is 0 Å². The molecule has 0 radical (unpaired) electrons. The maximum Gasteiger partial charge on any atom is 0.254 e. The lowest BCUT2D eigenvalue weighted by atomic mass is 10.0. The molecule has 2 aliphatic rings. The van der Waals surface area contributed by atoms with Crippen molar-refractivity contribution in [2.75, 3.05) is 6.54 Å². The van der Waals surface area contributed by atoms with E-state index >= 15 is 0 Å². The molecule has 5 heteroatoms. The molecule has 1 atom stereocenters. The van der Waals surface area contributed by atoms with Crippen molar-refractivity contribution in [2.45, 2.75) is 37.6 Å². The maximum absolute atomic E-state index is 13.2. The Labute approximate surface area is 150 Å². The Morgan fingerprint density at radius 1 is 1.12 bits per heavy atom. The van der Waals surface area contributed by atoms with Crippen LogP contribution in [0.1, 0.15) is 59.5 Å². The van der Waals surface area contributed by atoms with Crippen LogP contribution in [0, 0.1) is 5.82 Å². The van der Waals surface area contributed by atoms with Gasteiger partial charge in [0.2, 0.25) is 0 Å². The number of benzene rings is 2. The number of carbonyl (C=O) groups excluding carboxylic acids is 1. The van der Waals surface area contributed by atoms with Gasteiger partial charge in [0, 0.05) is 18.0 Å². The van der Waals surface area contributed by atoms with Gasteiger partial charge < -0.3 is 9.32 Å². The zero-order chi connectivity index (χ0) is 17.7. The third kappa shape index (κ3) is 2.68. The Kier molecular flexibility index (Phi) is 3.55. The summed E-state index contributed by atoms with van der Waals surface area (Å²) < 4.78 is 19.1. The molecule has 1 aliphatic carbocycles. The molecule has 2 heterocycles. The number of halogens is 1. The van der Waals surface area contributed by atoms with Crippen LogP contribution in [0.2, 0.25) is 0 Å². The molecule has 0 spiro atoms. The van der Waals surface area contributed by atoms with E-state index in [1.165, 1.54) is 12.1 Å². The van der Waals surface area contributed by atoms with Crippen molar-refractivity contribution in [1.82, 2.24) is 9.88 Å². The molecule has 132 valence electrons. The number of amides is 1. The molecule has 2 aromatic carbocycles. The maximum atomic E-state index is 13.2. The summed E-state index contributed by atoms with van der Waals surface area (Å²) in [5.41, 5.74) is 3.08. The second kappa shape index (κ2) is 5.94. The lowest BCUT2D eigenvalue weighted by Crippen LogP contribution is -2.30. The van der Waals surface area contributed by atoms with E-state index < -0.39 is 0 Å². The van der Waals surface area contributed by atoms with E-state index in [-0.39, 0.29) is 17.8 Å². The zero-order valence-corrected chi connectivity index (χ0v) is 14.3. The fraction of sp³-hybridized carbons (Fsp3) is 0.333. The number of fused-ring (bicyclic) bond motifs is 1. The highest BCUT2D eigenvalue weighted by molar-refractivity contribution is 5.97. The average Bonchev–Trinajstić information content (AvgIpc) is 3.24. The molecule has 1 saturated heterocycles. The van der Waals surface area contributed by atoms with Crippen molar-refractivity contribution in [3.63, 3.8) is 0 Å². The zero-order valence-electron chi connectivity index (χ0n) is 14.3. The highest BCUT2D eigenvalue weighted by Gasteiger charge is 2.32. The Balaban J connectivity index is 1.44. The van der Waals surface area contributed by atoms with Crippen molar-refractivity contribution in [3.05, 3.63) is 65.3 Å². The van der Waals surface area contributed by atoms with Crippen molar-refractivity contribution < 1.29 is 13.6 Å². The summed E-state index contributed by atoms with van der Waals surface area (Å²) in [6, 6.07) is 11.9. The normalized spacial score (nSPS) is 20.0. The van der Waals surface area contributed by atoms with Gasteiger partial charge in [-0.2, -0.15) is 0 Å². The number of nitrogens with zero attached hydrogens (tertiary/aromatic N) is 2. The summed E-state index contributed by atoms with van der Waals surface area (Å²) in [6.45, 7) is 0.711. The first kappa shape index (κ1) is 15.6.